The Balaban J connectivity index is 3.61. The molecule has 8 nitrogen and oxygen atoms in total. The van der Waals surface area contributed by atoms with E-state index in [1.165, 1.54) is 0 Å². The Bertz CT molecular complexity index is 758. The van der Waals surface area contributed by atoms with Crippen LogP contribution in [0.2, 0.25) is 118 Å². The fraction of sp³-hybridized carbons (Fsp3) is 1.00. The van der Waals surface area contributed by atoms with Crippen molar-refractivity contribution in [1.29, 1.82) is 0 Å². The van der Waals surface area contributed by atoms with Crippen LogP contribution in [0.3, 0.4) is 0 Å². The highest BCUT2D eigenvalue weighted by Crippen LogP contribution is 2.35. The Morgan fingerprint density at radius 1 is 0.463 bits per heavy atom. The number of rotatable bonds is 17. The molecule has 0 spiro atoms. The maximum absolute atomic E-state index is 6.98. The Kier molecular flexibility index (Phi) is 14.7. The van der Waals surface area contributed by atoms with Crippen molar-refractivity contribution in [3.8, 4) is 0 Å². The molecule has 0 aliphatic carbocycles. The van der Waals surface area contributed by atoms with Gasteiger partial charge in [-0.3, -0.25) is 0 Å². The summed E-state index contributed by atoms with van der Waals surface area (Å²) in [6.45, 7) is 41.0. The van der Waals surface area contributed by atoms with E-state index in [0.717, 1.165) is 0 Å². The average Bonchev–Trinajstić information content (AvgIpc) is 2.68. The summed E-state index contributed by atoms with van der Waals surface area (Å²) in [7, 11) is -11.5. The third-order valence-corrected chi connectivity index (χ3v) is 11.5. The van der Waals surface area contributed by atoms with Crippen LogP contribution in [0.15, 0.2) is 0 Å². The average molecular weight is 687 g/mol. The zero-order chi connectivity index (χ0) is 32.2. The van der Waals surface area contributed by atoms with Crippen LogP contribution in [0.5, 0.6) is 0 Å². The van der Waals surface area contributed by atoms with Crippen molar-refractivity contribution in [2.75, 3.05) is 19.8 Å². The van der Waals surface area contributed by atoms with Gasteiger partial charge in [-0.1, -0.05) is 0 Å². The first-order chi connectivity index (χ1) is 18.0. The molecule has 246 valence electrons. The summed E-state index contributed by atoms with van der Waals surface area (Å²) in [5.74, 6) is 0. The molecule has 41 heavy (non-hydrogen) atoms. The molecule has 0 amide bonds. The topological polar surface area (TPSA) is 73.8 Å². The van der Waals surface area contributed by atoms with Crippen molar-refractivity contribution in [3.63, 3.8) is 0 Å². The van der Waals surface area contributed by atoms with Crippen molar-refractivity contribution in [3.05, 3.63) is 0 Å². The van der Waals surface area contributed by atoms with Gasteiger partial charge in [0.15, 0.2) is 56.2 Å². The normalized spacial score (nSPS) is 25.7. The van der Waals surface area contributed by atoms with E-state index in [2.05, 4.69) is 118 Å². The molecule has 0 saturated carbocycles. The molecular weight excluding hydrogens is 621 g/mol. The second-order valence-electron chi connectivity index (χ2n) is 17.2. The van der Waals surface area contributed by atoms with Gasteiger partial charge >= 0.3 is 0 Å². The molecule has 1 rings (SSSR count). The number of hydrogen-bond donors (Lipinski definition) is 0. The molecule has 1 saturated heterocycles. The smallest absolute Gasteiger partial charge is 0.186 e. The molecule has 0 radical (unpaired) electrons. The monoisotopic (exact) mass is 686 g/mol. The molecular formula is C27H66O8Si6. The maximum atomic E-state index is 6.98. The van der Waals surface area contributed by atoms with Gasteiger partial charge in [-0.2, -0.15) is 0 Å². The van der Waals surface area contributed by atoms with Crippen molar-refractivity contribution in [2.24, 2.45) is 0 Å². The summed E-state index contributed by atoms with van der Waals surface area (Å²) in [5.41, 5.74) is 0. The number of ether oxygens (including phenoxy) is 2. The fourth-order valence-electron chi connectivity index (χ4n) is 4.08. The first-order valence-corrected chi connectivity index (χ1v) is 35.7. The summed E-state index contributed by atoms with van der Waals surface area (Å²) >= 11 is 0. The van der Waals surface area contributed by atoms with E-state index in [-0.39, 0.29) is 24.4 Å². The molecule has 1 aliphatic rings. The van der Waals surface area contributed by atoms with E-state index in [1.54, 1.807) is 0 Å². The van der Waals surface area contributed by atoms with Crippen LogP contribution in [0, 0.1) is 0 Å². The van der Waals surface area contributed by atoms with Crippen LogP contribution in [-0.2, 0) is 36.0 Å². The van der Waals surface area contributed by atoms with Crippen molar-refractivity contribution in [1.82, 2.24) is 0 Å². The summed E-state index contributed by atoms with van der Waals surface area (Å²) in [5, 5.41) is 0. The Labute approximate surface area is 259 Å². The van der Waals surface area contributed by atoms with E-state index in [4.69, 9.17) is 36.0 Å². The van der Waals surface area contributed by atoms with Gasteiger partial charge in [0.05, 0.1) is 19.8 Å². The maximum Gasteiger partial charge on any atom is 0.186 e. The molecule has 0 aromatic carbocycles. The molecule has 0 aromatic rings. The van der Waals surface area contributed by atoms with Crippen LogP contribution in [-0.4, -0.2) is 107 Å². The zero-order valence-electron chi connectivity index (χ0n) is 29.9. The first kappa shape index (κ1) is 40.0. The van der Waals surface area contributed by atoms with Gasteiger partial charge in [0, 0.05) is 0 Å². The summed E-state index contributed by atoms with van der Waals surface area (Å²) in [6.07, 6.45) is -2.42. The van der Waals surface area contributed by atoms with Crippen molar-refractivity contribution >= 4 is 49.9 Å². The standard InChI is InChI=1S/C27H66O8Si6/c1-36(2,3)28-19-22(20-29-37(4,5)6)31-27-26(35-41(16,17)18)25(34-40(13,14)15)24(33-39(10,11)12)23(32-27)21-30-38(7,8)9/h22-27H,19-21H2,1-18H3. The molecule has 1 heterocycles. The van der Waals surface area contributed by atoms with Gasteiger partial charge in [0.2, 0.25) is 0 Å². The highest BCUT2D eigenvalue weighted by molar-refractivity contribution is 6.71. The molecule has 14 heteroatoms. The van der Waals surface area contributed by atoms with Crippen LogP contribution in [0.4, 0.5) is 0 Å². The predicted molar refractivity (Wildman–Crippen MR) is 186 cm³/mol. The van der Waals surface area contributed by atoms with Gasteiger partial charge in [0.25, 0.3) is 0 Å². The minimum atomic E-state index is -2.05. The van der Waals surface area contributed by atoms with Crippen LogP contribution in [0.25, 0.3) is 0 Å². The van der Waals surface area contributed by atoms with Gasteiger partial charge < -0.3 is 36.0 Å². The van der Waals surface area contributed by atoms with Crippen molar-refractivity contribution in [2.45, 2.75) is 155 Å². The Morgan fingerprint density at radius 2 is 0.829 bits per heavy atom. The van der Waals surface area contributed by atoms with Crippen LogP contribution >= 0.6 is 0 Å². The Morgan fingerprint density at radius 3 is 1.20 bits per heavy atom. The largest absolute Gasteiger partial charge is 0.415 e. The zero-order valence-corrected chi connectivity index (χ0v) is 35.9. The third kappa shape index (κ3) is 18.5. The molecule has 5 unspecified atom stereocenters. The van der Waals surface area contributed by atoms with E-state index in [1.807, 2.05) is 0 Å². The van der Waals surface area contributed by atoms with Crippen LogP contribution < -0.4 is 0 Å². The SMILES string of the molecule is C[Si](C)(C)OCC(CO[Si](C)(C)C)OC1OC(CO[Si](C)(C)C)C(O[Si](C)(C)C)C(O[Si](C)(C)C)C1O[Si](C)(C)C. The van der Waals surface area contributed by atoms with Gasteiger partial charge in [0.1, 0.15) is 30.5 Å². The van der Waals surface area contributed by atoms with Crippen molar-refractivity contribution < 1.29 is 36.0 Å². The Hall–Kier alpha value is 0.981. The molecule has 0 aromatic heterocycles. The lowest BCUT2D eigenvalue weighted by Crippen LogP contribution is -2.67. The van der Waals surface area contributed by atoms with Gasteiger partial charge in [-0.05, 0) is 118 Å². The van der Waals surface area contributed by atoms with E-state index >= 15 is 0 Å². The molecule has 1 fully saturated rings. The lowest BCUT2D eigenvalue weighted by molar-refractivity contribution is -0.304. The number of hydrogen-bond acceptors (Lipinski definition) is 8. The minimum Gasteiger partial charge on any atom is -0.415 e. The lowest BCUT2D eigenvalue weighted by Gasteiger charge is -2.51. The van der Waals surface area contributed by atoms with E-state index in [0.29, 0.717) is 19.8 Å². The second-order valence-corrected chi connectivity index (χ2v) is 44.1. The minimum absolute atomic E-state index is 0.299. The third-order valence-electron chi connectivity index (χ3n) is 5.47. The first-order valence-electron chi connectivity index (χ1n) is 15.3. The summed E-state index contributed by atoms with van der Waals surface area (Å²) < 4.78 is 53.6. The molecule has 0 bridgehead atoms. The highest BCUT2D eigenvalue weighted by atomic mass is 28.4. The van der Waals surface area contributed by atoms with Gasteiger partial charge in [-0.15, -0.1) is 0 Å². The highest BCUT2D eigenvalue weighted by Gasteiger charge is 2.52. The van der Waals surface area contributed by atoms with E-state index < -0.39 is 62.3 Å². The molecule has 1 aliphatic heterocycles. The van der Waals surface area contributed by atoms with E-state index in [9.17, 15) is 0 Å². The molecule has 5 atom stereocenters. The van der Waals surface area contributed by atoms with Gasteiger partial charge in [-0.25, -0.2) is 0 Å². The molecule has 0 N–H and O–H groups in total. The predicted octanol–water partition coefficient (Wildman–Crippen LogP) is 7.31. The summed E-state index contributed by atoms with van der Waals surface area (Å²) in [4.78, 5) is 0. The quantitative estimate of drug-likeness (QED) is 0.148. The van der Waals surface area contributed by atoms with Crippen LogP contribution in [0.1, 0.15) is 0 Å². The summed E-state index contributed by atoms with van der Waals surface area (Å²) in [6, 6.07) is 0. The lowest BCUT2D eigenvalue weighted by atomic mass is 9.99. The fourth-order valence-corrected chi connectivity index (χ4v) is 9.37. The second kappa shape index (κ2) is 15.0.